The van der Waals surface area contributed by atoms with Crippen molar-refractivity contribution in [3.8, 4) is 0 Å². The van der Waals surface area contributed by atoms with Crippen LogP contribution in [0.15, 0.2) is 48.5 Å². The summed E-state index contributed by atoms with van der Waals surface area (Å²) in [6.07, 6.45) is 8.81. The van der Waals surface area contributed by atoms with E-state index in [2.05, 4.69) is 12.2 Å². The predicted octanol–water partition coefficient (Wildman–Crippen LogP) is 8.71. The third-order valence-electron chi connectivity index (χ3n) is 9.44. The third kappa shape index (κ3) is 35.0. The monoisotopic (exact) mass is 934 g/mol. The van der Waals surface area contributed by atoms with Gasteiger partial charge in [0.25, 0.3) is 0 Å². The molecule has 0 radical (unpaired) electrons. The Labute approximate surface area is 385 Å². The van der Waals surface area contributed by atoms with Crippen molar-refractivity contribution < 1.29 is 74.8 Å². The molecule has 0 aliphatic carbocycles. The first-order valence-electron chi connectivity index (χ1n) is 23.5. The number of carbonyl (C=O) groups excluding carboxylic acids is 1. The first-order chi connectivity index (χ1) is 31.9. The lowest BCUT2D eigenvalue weighted by Crippen LogP contribution is -2.16. The van der Waals surface area contributed by atoms with Crippen LogP contribution < -0.4 is 5.32 Å². The van der Waals surface area contributed by atoms with Gasteiger partial charge in [0.15, 0.2) is 0 Å². The Morgan fingerprint density at radius 1 is 0.431 bits per heavy atom. The molecular weight excluding hydrogens is 856 g/mol. The quantitative estimate of drug-likeness (QED) is 0.0500. The van der Waals surface area contributed by atoms with E-state index in [4.69, 9.17) is 56.8 Å². The van der Waals surface area contributed by atoms with E-state index in [-0.39, 0.29) is 24.5 Å². The molecule has 0 aromatic heterocycles. The number of anilines is 2. The molecule has 0 atom stereocenters. The Morgan fingerprint density at radius 2 is 0.785 bits per heavy atom. The number of benzene rings is 2. The van der Waals surface area contributed by atoms with Crippen LogP contribution in [-0.2, 0) is 63.0 Å². The SMILES string of the molecule is CCCCCCCCCCCCOCCOCCOCCOCCOCCOCCOCCOCCOCCOCCOCCOC(=O)c1ccccc1Nc1cccc(C(F)(F)F)c1. The summed E-state index contributed by atoms with van der Waals surface area (Å²) in [6, 6.07) is 11.2. The van der Waals surface area contributed by atoms with Gasteiger partial charge in [-0.05, 0) is 36.8 Å². The van der Waals surface area contributed by atoms with Gasteiger partial charge in [0, 0.05) is 12.3 Å². The summed E-state index contributed by atoms with van der Waals surface area (Å²) in [5, 5.41) is 2.86. The van der Waals surface area contributed by atoms with E-state index in [1.165, 1.54) is 76.0 Å². The zero-order valence-corrected chi connectivity index (χ0v) is 38.9. The number of para-hydroxylation sites is 1. The molecule has 2 aromatic carbocycles. The van der Waals surface area contributed by atoms with Gasteiger partial charge in [0.05, 0.1) is 156 Å². The van der Waals surface area contributed by atoms with Crippen molar-refractivity contribution in [2.45, 2.75) is 77.3 Å². The highest BCUT2D eigenvalue weighted by Crippen LogP contribution is 2.32. The molecule has 0 heterocycles. The fourth-order valence-corrected chi connectivity index (χ4v) is 5.96. The number of rotatable bonds is 47. The average molecular weight is 934 g/mol. The van der Waals surface area contributed by atoms with E-state index >= 15 is 0 Å². The van der Waals surface area contributed by atoms with Crippen LogP contribution in [-0.4, -0.2) is 158 Å². The predicted molar refractivity (Wildman–Crippen MR) is 242 cm³/mol. The van der Waals surface area contributed by atoms with Crippen molar-refractivity contribution in [2.24, 2.45) is 0 Å². The number of esters is 1. The van der Waals surface area contributed by atoms with Crippen molar-refractivity contribution in [1.82, 2.24) is 0 Å². The van der Waals surface area contributed by atoms with Gasteiger partial charge < -0.3 is 62.2 Å². The van der Waals surface area contributed by atoms with Crippen LogP contribution in [0.3, 0.4) is 0 Å². The smallest absolute Gasteiger partial charge is 0.416 e. The number of halogens is 3. The molecule has 0 fully saturated rings. The molecule has 17 heteroatoms. The maximum absolute atomic E-state index is 13.1. The minimum Gasteiger partial charge on any atom is -0.460 e. The van der Waals surface area contributed by atoms with E-state index in [0.29, 0.717) is 138 Å². The van der Waals surface area contributed by atoms with Gasteiger partial charge >= 0.3 is 12.1 Å². The minimum absolute atomic E-state index is 0.00250. The molecule has 0 saturated heterocycles. The highest BCUT2D eigenvalue weighted by molar-refractivity contribution is 5.96. The normalized spacial score (nSPS) is 11.7. The minimum atomic E-state index is -4.48. The maximum Gasteiger partial charge on any atom is 0.416 e. The summed E-state index contributed by atoms with van der Waals surface area (Å²) in [7, 11) is 0. The number of nitrogens with one attached hydrogen (secondary N) is 1. The van der Waals surface area contributed by atoms with Gasteiger partial charge in [-0.2, -0.15) is 13.2 Å². The van der Waals surface area contributed by atoms with Crippen LogP contribution in [0.4, 0.5) is 24.5 Å². The fourth-order valence-electron chi connectivity index (χ4n) is 5.96. The van der Waals surface area contributed by atoms with Gasteiger partial charge in [0.1, 0.15) is 6.61 Å². The Hall–Kier alpha value is -2.94. The molecule has 0 aliphatic heterocycles. The van der Waals surface area contributed by atoms with Crippen LogP contribution in [0.25, 0.3) is 0 Å². The van der Waals surface area contributed by atoms with Gasteiger partial charge in [-0.25, -0.2) is 4.79 Å². The summed E-state index contributed by atoms with van der Waals surface area (Å²) in [5.41, 5.74) is -0.0893. The van der Waals surface area contributed by atoms with Gasteiger partial charge in [-0.3, -0.25) is 0 Å². The number of hydrogen-bond acceptors (Lipinski definition) is 14. The second-order valence-electron chi connectivity index (χ2n) is 14.8. The van der Waals surface area contributed by atoms with Crippen LogP contribution in [0.1, 0.15) is 87.1 Å². The van der Waals surface area contributed by atoms with Crippen molar-refractivity contribution in [3.05, 3.63) is 59.7 Å². The first kappa shape index (κ1) is 58.2. The zero-order chi connectivity index (χ0) is 46.6. The molecule has 0 aliphatic rings. The molecule has 374 valence electrons. The lowest BCUT2D eigenvalue weighted by Gasteiger charge is -2.13. The molecule has 14 nitrogen and oxygen atoms in total. The highest BCUT2D eigenvalue weighted by atomic mass is 19.4. The lowest BCUT2D eigenvalue weighted by atomic mass is 10.1. The molecule has 0 amide bonds. The number of alkyl halides is 3. The van der Waals surface area contributed by atoms with Gasteiger partial charge in [0.2, 0.25) is 0 Å². The van der Waals surface area contributed by atoms with E-state index in [9.17, 15) is 18.0 Å². The van der Waals surface area contributed by atoms with Gasteiger partial charge in [-0.1, -0.05) is 82.9 Å². The third-order valence-corrected chi connectivity index (χ3v) is 9.44. The standard InChI is InChI=1S/C48H78F3NO13/c1-2-3-4-5-6-7-8-9-10-13-19-54-20-21-55-22-23-56-24-25-57-26-27-58-28-29-59-30-31-60-32-33-61-34-35-62-36-37-63-38-39-64-40-41-65-47(53)45-17-11-12-18-46(45)52-44-16-14-15-43(42-44)48(49,50)51/h11-12,14-18,42,52H,2-10,13,19-41H2,1H3. The van der Waals surface area contributed by atoms with Crippen molar-refractivity contribution in [3.63, 3.8) is 0 Å². The Morgan fingerprint density at radius 3 is 1.18 bits per heavy atom. The molecular formula is C48H78F3NO13. The van der Waals surface area contributed by atoms with Crippen LogP contribution in [0.2, 0.25) is 0 Å². The summed E-state index contributed by atoms with van der Waals surface area (Å²) in [5.74, 6) is -0.628. The largest absolute Gasteiger partial charge is 0.460 e. The van der Waals surface area contributed by atoms with Crippen molar-refractivity contribution in [2.75, 3.05) is 157 Å². The van der Waals surface area contributed by atoms with Gasteiger partial charge in [-0.15, -0.1) is 0 Å². The number of carbonyl (C=O) groups is 1. The first-order valence-corrected chi connectivity index (χ1v) is 23.5. The number of ether oxygens (including phenoxy) is 12. The van der Waals surface area contributed by atoms with Crippen molar-refractivity contribution in [1.29, 1.82) is 0 Å². The Balaban J connectivity index is 1.21. The number of unbranched alkanes of at least 4 members (excludes halogenated alkanes) is 9. The summed E-state index contributed by atoms with van der Waals surface area (Å²) < 4.78 is 105. The van der Waals surface area contributed by atoms with Crippen LogP contribution in [0.5, 0.6) is 0 Å². The average Bonchev–Trinajstić information content (AvgIpc) is 3.30. The molecule has 2 aromatic rings. The summed E-state index contributed by atoms with van der Waals surface area (Å²) in [4.78, 5) is 12.6. The van der Waals surface area contributed by atoms with E-state index in [0.717, 1.165) is 25.2 Å². The van der Waals surface area contributed by atoms with E-state index in [1.54, 1.807) is 18.2 Å². The maximum atomic E-state index is 13.1. The second-order valence-corrected chi connectivity index (χ2v) is 14.8. The molecule has 65 heavy (non-hydrogen) atoms. The van der Waals surface area contributed by atoms with Crippen LogP contribution in [0, 0.1) is 0 Å². The molecule has 0 spiro atoms. The van der Waals surface area contributed by atoms with Crippen molar-refractivity contribution >= 4 is 17.3 Å². The topological polar surface area (TPSA) is 140 Å². The Bertz CT molecular complexity index is 1380. The lowest BCUT2D eigenvalue weighted by molar-refractivity contribution is -0.137. The fraction of sp³-hybridized carbons (Fsp3) is 0.729. The molecule has 2 rings (SSSR count). The van der Waals surface area contributed by atoms with E-state index in [1.807, 2.05) is 0 Å². The van der Waals surface area contributed by atoms with Crippen LogP contribution >= 0.6 is 0 Å². The molecule has 1 N–H and O–H groups in total. The molecule has 0 bridgehead atoms. The van der Waals surface area contributed by atoms with E-state index < -0.39 is 17.7 Å². The molecule has 0 unspecified atom stereocenters. The second kappa shape index (κ2) is 42.4. The molecule has 0 saturated carbocycles. The summed E-state index contributed by atoms with van der Waals surface area (Å²) >= 11 is 0. The number of hydrogen-bond donors (Lipinski definition) is 1. The zero-order valence-electron chi connectivity index (χ0n) is 38.9. The summed E-state index contributed by atoms with van der Waals surface area (Å²) in [6.45, 7) is 12.7. The highest BCUT2D eigenvalue weighted by Gasteiger charge is 2.30. The Kier molecular flexibility index (Phi) is 38.0.